The third-order valence-corrected chi connectivity index (χ3v) is 2.68. The number of hydrogen-bond donors (Lipinski definition) is 3. The summed E-state index contributed by atoms with van der Waals surface area (Å²) in [5, 5.41) is 11.3. The van der Waals surface area contributed by atoms with Crippen LogP contribution in [-0.4, -0.2) is 43.3 Å². The van der Waals surface area contributed by atoms with Gasteiger partial charge in [0.15, 0.2) is 0 Å². The highest BCUT2D eigenvalue weighted by molar-refractivity contribution is 5.81. The molecule has 0 rings (SSSR count). The van der Waals surface area contributed by atoms with Gasteiger partial charge in [-0.25, -0.2) is 0 Å². The van der Waals surface area contributed by atoms with Gasteiger partial charge in [0.05, 0.1) is 6.04 Å². The van der Waals surface area contributed by atoms with Crippen LogP contribution in [0.2, 0.25) is 0 Å². The Morgan fingerprint density at radius 2 is 2.06 bits per heavy atom. The van der Waals surface area contributed by atoms with Crippen LogP contribution >= 0.6 is 0 Å². The van der Waals surface area contributed by atoms with Crippen LogP contribution in [0.3, 0.4) is 0 Å². The standard InChI is InChI=1S/C12H24N2O4/c1-9(5-6-11(15)16)8-14-12(17)10(13)4-3-7-18-2/h9-10H,3-8,13H2,1-2H3,(H,14,17)(H,15,16). The van der Waals surface area contributed by atoms with Crippen LogP contribution in [0, 0.1) is 5.92 Å². The molecule has 0 aliphatic heterocycles. The molecule has 1 amide bonds. The van der Waals surface area contributed by atoms with E-state index in [9.17, 15) is 9.59 Å². The molecular weight excluding hydrogens is 236 g/mol. The van der Waals surface area contributed by atoms with Gasteiger partial charge in [-0.3, -0.25) is 9.59 Å². The summed E-state index contributed by atoms with van der Waals surface area (Å²) in [6.07, 6.45) is 2.01. The fourth-order valence-electron chi connectivity index (χ4n) is 1.46. The van der Waals surface area contributed by atoms with Crippen LogP contribution in [0.5, 0.6) is 0 Å². The number of carboxylic acids is 1. The number of carboxylic acid groups (broad SMARTS) is 1. The van der Waals surface area contributed by atoms with Gasteiger partial charge in [-0.1, -0.05) is 6.92 Å². The third kappa shape index (κ3) is 8.95. The molecule has 0 aromatic carbocycles. The van der Waals surface area contributed by atoms with E-state index >= 15 is 0 Å². The Morgan fingerprint density at radius 3 is 2.61 bits per heavy atom. The van der Waals surface area contributed by atoms with E-state index in [1.807, 2.05) is 6.92 Å². The van der Waals surface area contributed by atoms with Crippen molar-refractivity contribution in [3.05, 3.63) is 0 Å². The Labute approximate surface area is 108 Å². The predicted molar refractivity (Wildman–Crippen MR) is 68.1 cm³/mol. The Morgan fingerprint density at radius 1 is 1.39 bits per heavy atom. The zero-order valence-electron chi connectivity index (χ0n) is 11.1. The van der Waals surface area contributed by atoms with E-state index in [0.717, 1.165) is 6.42 Å². The van der Waals surface area contributed by atoms with E-state index in [-0.39, 0.29) is 18.2 Å². The van der Waals surface area contributed by atoms with Crippen LogP contribution < -0.4 is 11.1 Å². The number of aliphatic carboxylic acids is 1. The molecule has 0 aliphatic carbocycles. The number of amides is 1. The molecule has 0 spiro atoms. The van der Waals surface area contributed by atoms with Crippen LogP contribution in [-0.2, 0) is 14.3 Å². The lowest BCUT2D eigenvalue weighted by Gasteiger charge is -2.15. The summed E-state index contributed by atoms with van der Waals surface area (Å²) >= 11 is 0. The van der Waals surface area contributed by atoms with Gasteiger partial charge in [-0.2, -0.15) is 0 Å². The van der Waals surface area contributed by atoms with Crippen molar-refractivity contribution in [2.75, 3.05) is 20.3 Å². The zero-order chi connectivity index (χ0) is 14.0. The van der Waals surface area contributed by atoms with Crippen molar-refractivity contribution in [2.24, 2.45) is 11.7 Å². The minimum absolute atomic E-state index is 0.122. The average Bonchev–Trinajstić information content (AvgIpc) is 2.33. The van der Waals surface area contributed by atoms with E-state index in [1.54, 1.807) is 7.11 Å². The number of ether oxygens (including phenoxy) is 1. The Hall–Kier alpha value is -1.14. The number of carbonyl (C=O) groups is 2. The van der Waals surface area contributed by atoms with Gasteiger partial charge < -0.3 is 20.9 Å². The number of nitrogens with one attached hydrogen (secondary N) is 1. The molecule has 0 radical (unpaired) electrons. The van der Waals surface area contributed by atoms with E-state index in [1.165, 1.54) is 0 Å². The highest BCUT2D eigenvalue weighted by Gasteiger charge is 2.14. The molecule has 106 valence electrons. The molecule has 6 nitrogen and oxygen atoms in total. The fraction of sp³-hybridized carbons (Fsp3) is 0.833. The Balaban J connectivity index is 3.70. The van der Waals surface area contributed by atoms with Gasteiger partial charge in [-0.05, 0) is 25.2 Å². The van der Waals surface area contributed by atoms with Gasteiger partial charge in [0, 0.05) is 26.7 Å². The van der Waals surface area contributed by atoms with Gasteiger partial charge in [0.25, 0.3) is 0 Å². The highest BCUT2D eigenvalue weighted by atomic mass is 16.5. The summed E-state index contributed by atoms with van der Waals surface area (Å²) in [5.41, 5.74) is 5.70. The van der Waals surface area contributed by atoms with Gasteiger partial charge >= 0.3 is 5.97 Å². The number of hydrogen-bond acceptors (Lipinski definition) is 4. The number of methoxy groups -OCH3 is 1. The van der Waals surface area contributed by atoms with E-state index < -0.39 is 12.0 Å². The molecule has 0 bridgehead atoms. The molecular formula is C12H24N2O4. The van der Waals surface area contributed by atoms with Gasteiger partial charge in [0.1, 0.15) is 0 Å². The summed E-state index contributed by atoms with van der Waals surface area (Å²) in [4.78, 5) is 22.0. The van der Waals surface area contributed by atoms with Crippen LogP contribution in [0.4, 0.5) is 0 Å². The number of rotatable bonds is 10. The lowest BCUT2D eigenvalue weighted by Crippen LogP contribution is -2.42. The second-order valence-corrected chi connectivity index (χ2v) is 4.52. The summed E-state index contributed by atoms with van der Waals surface area (Å²) in [6.45, 7) is 2.96. The second-order valence-electron chi connectivity index (χ2n) is 4.52. The lowest BCUT2D eigenvalue weighted by molar-refractivity contribution is -0.137. The summed E-state index contributed by atoms with van der Waals surface area (Å²) in [6, 6.07) is -0.521. The topological polar surface area (TPSA) is 102 Å². The molecule has 18 heavy (non-hydrogen) atoms. The summed E-state index contributed by atoms with van der Waals surface area (Å²) in [5.74, 6) is -0.867. The molecule has 4 N–H and O–H groups in total. The maximum absolute atomic E-state index is 11.6. The SMILES string of the molecule is COCCCC(N)C(=O)NCC(C)CCC(=O)O. The van der Waals surface area contributed by atoms with E-state index in [4.69, 9.17) is 15.6 Å². The first-order chi connectivity index (χ1) is 8.47. The largest absolute Gasteiger partial charge is 0.481 e. The maximum Gasteiger partial charge on any atom is 0.303 e. The van der Waals surface area contributed by atoms with Crippen molar-refractivity contribution in [1.29, 1.82) is 0 Å². The molecule has 0 saturated heterocycles. The minimum Gasteiger partial charge on any atom is -0.481 e. The van der Waals surface area contributed by atoms with Crippen molar-refractivity contribution in [3.8, 4) is 0 Å². The Kier molecular flexibility index (Phi) is 9.22. The van der Waals surface area contributed by atoms with Crippen molar-refractivity contribution in [2.45, 2.75) is 38.6 Å². The Bertz CT molecular complexity index is 258. The molecule has 0 saturated carbocycles. The quantitative estimate of drug-likeness (QED) is 0.492. The molecule has 0 aromatic rings. The number of nitrogens with two attached hydrogens (primary N) is 1. The fourth-order valence-corrected chi connectivity index (χ4v) is 1.46. The van der Waals surface area contributed by atoms with E-state index in [0.29, 0.717) is 26.0 Å². The zero-order valence-corrected chi connectivity index (χ0v) is 11.1. The van der Waals surface area contributed by atoms with Crippen molar-refractivity contribution < 1.29 is 19.4 Å². The first-order valence-corrected chi connectivity index (χ1v) is 6.21. The molecule has 0 aromatic heterocycles. The van der Waals surface area contributed by atoms with Gasteiger partial charge in [-0.15, -0.1) is 0 Å². The minimum atomic E-state index is -0.815. The lowest BCUT2D eigenvalue weighted by atomic mass is 10.1. The monoisotopic (exact) mass is 260 g/mol. The first-order valence-electron chi connectivity index (χ1n) is 6.21. The molecule has 0 fully saturated rings. The molecule has 6 heteroatoms. The maximum atomic E-state index is 11.6. The highest BCUT2D eigenvalue weighted by Crippen LogP contribution is 2.04. The normalized spacial score (nSPS) is 13.9. The summed E-state index contributed by atoms with van der Waals surface area (Å²) < 4.78 is 4.88. The van der Waals surface area contributed by atoms with Crippen molar-refractivity contribution in [1.82, 2.24) is 5.32 Å². The molecule has 0 heterocycles. The van der Waals surface area contributed by atoms with Gasteiger partial charge in [0.2, 0.25) is 5.91 Å². The molecule has 0 aliphatic rings. The third-order valence-electron chi connectivity index (χ3n) is 2.68. The number of carbonyl (C=O) groups excluding carboxylic acids is 1. The smallest absolute Gasteiger partial charge is 0.303 e. The van der Waals surface area contributed by atoms with Crippen LogP contribution in [0.1, 0.15) is 32.6 Å². The summed E-state index contributed by atoms with van der Waals surface area (Å²) in [7, 11) is 1.61. The van der Waals surface area contributed by atoms with Crippen LogP contribution in [0.25, 0.3) is 0 Å². The van der Waals surface area contributed by atoms with Crippen molar-refractivity contribution >= 4 is 11.9 Å². The second kappa shape index (κ2) is 9.85. The van der Waals surface area contributed by atoms with Crippen LogP contribution in [0.15, 0.2) is 0 Å². The van der Waals surface area contributed by atoms with Crippen molar-refractivity contribution in [3.63, 3.8) is 0 Å². The molecule has 2 unspecified atom stereocenters. The first kappa shape index (κ1) is 16.9. The molecule has 2 atom stereocenters. The van der Waals surface area contributed by atoms with E-state index in [2.05, 4.69) is 5.32 Å². The predicted octanol–water partition coefficient (Wildman–Crippen LogP) is 0.357. The average molecular weight is 260 g/mol.